The van der Waals surface area contributed by atoms with Crippen molar-refractivity contribution in [3.8, 4) is 5.75 Å². The molecule has 0 saturated heterocycles. The standard InChI is InChI=1S/C17H14ClN3O4.Na.H/c1-10(22)19-13-9-20-5-6-21(8-11-3-2-4-12(18)7-11)17(25)14(20)16(24)15(13)23;;/h2-7,9,24H,8H2,1H3,(H,19,22);;/q;+1;-1. The van der Waals surface area contributed by atoms with Gasteiger partial charge in [0.15, 0.2) is 11.3 Å². The Labute approximate surface area is 176 Å². The normalized spacial score (nSPS) is 10.4. The van der Waals surface area contributed by atoms with Gasteiger partial charge in [0.25, 0.3) is 5.56 Å². The van der Waals surface area contributed by atoms with Gasteiger partial charge in [-0.15, -0.1) is 0 Å². The van der Waals surface area contributed by atoms with Crippen LogP contribution in [0.5, 0.6) is 5.75 Å². The summed E-state index contributed by atoms with van der Waals surface area (Å²) in [6.45, 7) is 1.48. The molecule has 7 nitrogen and oxygen atoms in total. The third-order valence-electron chi connectivity index (χ3n) is 3.63. The monoisotopic (exact) mass is 383 g/mol. The molecule has 0 fully saturated rings. The van der Waals surface area contributed by atoms with E-state index in [1.165, 1.54) is 34.5 Å². The number of aromatic nitrogens is 2. The first kappa shape index (κ1) is 20.3. The predicted molar refractivity (Wildman–Crippen MR) is 95.6 cm³/mol. The van der Waals surface area contributed by atoms with E-state index >= 15 is 0 Å². The minimum absolute atomic E-state index is 0. The molecule has 2 aromatic heterocycles. The average Bonchev–Trinajstić information content (AvgIpc) is 2.54. The smallest absolute Gasteiger partial charge is 1.00 e. The number of hydrogen-bond acceptors (Lipinski definition) is 4. The molecule has 26 heavy (non-hydrogen) atoms. The summed E-state index contributed by atoms with van der Waals surface area (Å²) in [6.07, 6.45) is 4.34. The molecule has 1 aromatic carbocycles. The van der Waals surface area contributed by atoms with Gasteiger partial charge >= 0.3 is 29.6 Å². The molecule has 0 saturated carbocycles. The molecular weight excluding hydrogens is 369 g/mol. The second kappa shape index (κ2) is 8.09. The van der Waals surface area contributed by atoms with Crippen LogP contribution in [0.15, 0.2) is 52.4 Å². The fourth-order valence-electron chi connectivity index (χ4n) is 2.54. The summed E-state index contributed by atoms with van der Waals surface area (Å²) in [7, 11) is 0. The molecule has 9 heteroatoms. The molecule has 0 aliphatic heterocycles. The molecule has 0 aliphatic rings. The van der Waals surface area contributed by atoms with E-state index in [4.69, 9.17) is 11.6 Å². The zero-order chi connectivity index (χ0) is 18.1. The first-order chi connectivity index (χ1) is 11.9. The van der Waals surface area contributed by atoms with Crippen LogP contribution in [0.2, 0.25) is 5.02 Å². The van der Waals surface area contributed by atoms with Crippen molar-refractivity contribution in [2.24, 2.45) is 0 Å². The van der Waals surface area contributed by atoms with Crippen LogP contribution in [0.1, 0.15) is 13.9 Å². The minimum Gasteiger partial charge on any atom is -1.00 e. The Bertz CT molecular complexity index is 1110. The summed E-state index contributed by atoms with van der Waals surface area (Å²) in [4.78, 5) is 35.9. The first-order valence-corrected chi connectivity index (χ1v) is 7.74. The maximum absolute atomic E-state index is 12.6. The number of aromatic hydroxyl groups is 1. The predicted octanol–water partition coefficient (Wildman–Crippen LogP) is -1.06. The van der Waals surface area contributed by atoms with Crippen molar-refractivity contribution >= 4 is 28.7 Å². The summed E-state index contributed by atoms with van der Waals surface area (Å²) in [5.74, 6) is -1.16. The maximum atomic E-state index is 12.6. The van der Waals surface area contributed by atoms with E-state index < -0.39 is 22.6 Å². The second-order valence-electron chi connectivity index (χ2n) is 5.52. The summed E-state index contributed by atoms with van der Waals surface area (Å²) in [5.41, 5.74) is -0.812. The number of carbonyl (C=O) groups is 1. The number of fused-ring (bicyclic) bond motifs is 1. The largest absolute Gasteiger partial charge is 1.00 e. The van der Waals surface area contributed by atoms with Gasteiger partial charge in [0.05, 0.1) is 6.54 Å². The van der Waals surface area contributed by atoms with Crippen LogP contribution in [-0.4, -0.2) is 20.0 Å². The van der Waals surface area contributed by atoms with Crippen LogP contribution in [-0.2, 0) is 11.3 Å². The van der Waals surface area contributed by atoms with Crippen LogP contribution >= 0.6 is 11.6 Å². The minimum atomic E-state index is -0.812. The zero-order valence-corrected chi connectivity index (χ0v) is 16.9. The first-order valence-electron chi connectivity index (χ1n) is 7.36. The molecule has 1 amide bonds. The van der Waals surface area contributed by atoms with E-state index in [0.29, 0.717) is 5.02 Å². The average molecular weight is 384 g/mol. The van der Waals surface area contributed by atoms with Crippen LogP contribution in [0.3, 0.4) is 0 Å². The molecule has 0 spiro atoms. The Morgan fingerprint density at radius 2 is 2.04 bits per heavy atom. The summed E-state index contributed by atoms with van der Waals surface area (Å²) >= 11 is 5.94. The Morgan fingerprint density at radius 3 is 2.69 bits per heavy atom. The summed E-state index contributed by atoms with van der Waals surface area (Å²) in [5, 5.41) is 13.0. The Hall–Kier alpha value is -2.06. The van der Waals surface area contributed by atoms with Crippen molar-refractivity contribution in [1.29, 1.82) is 0 Å². The third-order valence-corrected chi connectivity index (χ3v) is 3.87. The van der Waals surface area contributed by atoms with Gasteiger partial charge in [-0.3, -0.25) is 14.4 Å². The molecule has 3 aromatic rings. The molecule has 2 heterocycles. The Morgan fingerprint density at radius 1 is 1.31 bits per heavy atom. The topological polar surface area (TPSA) is 92.8 Å². The van der Waals surface area contributed by atoms with E-state index in [1.807, 2.05) is 6.07 Å². The van der Waals surface area contributed by atoms with Gasteiger partial charge in [0, 0.05) is 30.5 Å². The number of carbonyl (C=O) groups excluding carboxylic acids is 1. The molecule has 0 radical (unpaired) electrons. The van der Waals surface area contributed by atoms with Gasteiger partial charge in [-0.1, -0.05) is 23.7 Å². The molecule has 0 unspecified atom stereocenters. The number of amides is 1. The van der Waals surface area contributed by atoms with Crippen molar-refractivity contribution in [2.75, 3.05) is 5.32 Å². The van der Waals surface area contributed by atoms with E-state index in [0.717, 1.165) is 5.56 Å². The molecule has 0 atom stereocenters. The van der Waals surface area contributed by atoms with E-state index in [2.05, 4.69) is 5.32 Å². The van der Waals surface area contributed by atoms with Gasteiger partial charge in [-0.05, 0) is 17.7 Å². The SMILES string of the molecule is CC(=O)Nc1cn2ccn(Cc3cccc(Cl)c3)c(=O)c2c(O)c1=O.[H-].[Na+]. The van der Waals surface area contributed by atoms with Crippen molar-refractivity contribution < 1.29 is 40.9 Å². The number of halogens is 1. The van der Waals surface area contributed by atoms with Gasteiger partial charge in [0.1, 0.15) is 5.69 Å². The zero-order valence-electron chi connectivity index (χ0n) is 15.2. The fraction of sp³-hybridized carbons (Fsp3) is 0.118. The molecule has 2 N–H and O–H groups in total. The van der Waals surface area contributed by atoms with Gasteiger partial charge in [-0.25, -0.2) is 0 Å². The van der Waals surface area contributed by atoms with Gasteiger partial charge < -0.3 is 20.8 Å². The number of nitrogens with zero attached hydrogens (tertiary/aromatic N) is 2. The van der Waals surface area contributed by atoms with Crippen LogP contribution in [0.25, 0.3) is 5.52 Å². The Balaban J connectivity index is 0.00000182. The number of hydrogen-bond donors (Lipinski definition) is 2. The molecular formula is C17H15ClN3NaO4. The summed E-state index contributed by atoms with van der Waals surface area (Å²) in [6, 6.07) is 7.03. The van der Waals surface area contributed by atoms with Crippen LogP contribution in [0, 0.1) is 0 Å². The summed E-state index contributed by atoms with van der Waals surface area (Å²) < 4.78 is 2.66. The molecule has 0 aliphatic carbocycles. The number of rotatable bonds is 3. The number of pyridine rings is 1. The van der Waals surface area contributed by atoms with Crippen molar-refractivity contribution in [3.63, 3.8) is 0 Å². The maximum Gasteiger partial charge on any atom is 1.00 e. The number of benzene rings is 1. The molecule has 130 valence electrons. The molecule has 3 rings (SSSR count). The van der Waals surface area contributed by atoms with E-state index in [1.54, 1.807) is 18.2 Å². The third kappa shape index (κ3) is 4.02. The fourth-order valence-corrected chi connectivity index (χ4v) is 2.75. The van der Waals surface area contributed by atoms with Crippen LogP contribution in [0.4, 0.5) is 5.69 Å². The number of anilines is 1. The number of nitrogens with one attached hydrogen (secondary N) is 1. The van der Waals surface area contributed by atoms with Crippen molar-refractivity contribution in [1.82, 2.24) is 8.97 Å². The Kier molecular flexibility index (Phi) is 6.30. The van der Waals surface area contributed by atoms with Gasteiger partial charge in [0.2, 0.25) is 11.3 Å². The van der Waals surface area contributed by atoms with Gasteiger partial charge in [-0.2, -0.15) is 0 Å². The molecule has 0 bridgehead atoms. The quantitative estimate of drug-likeness (QED) is 0.564. The van der Waals surface area contributed by atoms with E-state index in [-0.39, 0.29) is 48.7 Å². The van der Waals surface area contributed by atoms with Crippen LogP contribution < -0.4 is 45.9 Å². The van der Waals surface area contributed by atoms with Crippen molar-refractivity contribution in [2.45, 2.75) is 13.5 Å². The van der Waals surface area contributed by atoms with E-state index in [9.17, 15) is 19.5 Å². The second-order valence-corrected chi connectivity index (χ2v) is 5.96. The van der Waals surface area contributed by atoms with Crippen molar-refractivity contribution in [3.05, 3.63) is 74.0 Å².